The zero-order chi connectivity index (χ0) is 14.9. The molecule has 0 radical (unpaired) electrons. The van der Waals surface area contributed by atoms with Crippen LogP contribution in [0.2, 0.25) is 0 Å². The number of hydrogen-bond donors (Lipinski definition) is 0. The highest BCUT2D eigenvalue weighted by molar-refractivity contribution is 9.61. The molecule has 5 rings (SSSR count). The Hall–Kier alpha value is 2.72. The molecule has 4 aliphatic heterocycles. The molecule has 4 aliphatic rings. The van der Waals surface area contributed by atoms with Gasteiger partial charge in [-0.15, -0.1) is 0 Å². The van der Waals surface area contributed by atoms with E-state index in [1.54, 1.807) is 7.11 Å². The van der Waals surface area contributed by atoms with E-state index in [1.807, 2.05) is 61.8 Å². The van der Waals surface area contributed by atoms with Crippen molar-refractivity contribution in [3.05, 3.63) is 29.8 Å². The van der Waals surface area contributed by atoms with Crippen molar-refractivity contribution in [3.63, 3.8) is 0 Å². The maximum atomic E-state index is 6.06. The minimum atomic E-state index is -1.56. The van der Waals surface area contributed by atoms with Crippen LogP contribution in [0.4, 0.5) is 0 Å². The molecule has 0 saturated carbocycles. The van der Waals surface area contributed by atoms with Gasteiger partial charge in [-0.1, -0.05) is 92.3 Å². The van der Waals surface area contributed by atoms with E-state index in [4.69, 9.17) is 40.2 Å². The molecule has 0 amide bonds. The lowest BCUT2D eigenvalue weighted by Gasteiger charge is -2.57. The fourth-order valence-electron chi connectivity index (χ4n) is 2.34. The second kappa shape index (κ2) is 5.61. The van der Waals surface area contributed by atoms with Gasteiger partial charge in [0, 0.05) is 6.16 Å². The quantitative estimate of drug-likeness (QED) is 0.398. The number of ether oxygens (including phenoxy) is 1. The average molecular weight is 483 g/mol. The summed E-state index contributed by atoms with van der Waals surface area (Å²) in [6.07, 6.45) is 1.06. The third kappa shape index (κ3) is 3.03. The monoisotopic (exact) mass is 482 g/mol. The summed E-state index contributed by atoms with van der Waals surface area (Å²) < 4.78 is 0.776. The molecule has 21 heavy (non-hydrogen) atoms. The summed E-state index contributed by atoms with van der Waals surface area (Å²) in [4.78, 5) is 0. The van der Waals surface area contributed by atoms with Gasteiger partial charge in [0.15, 0.2) is 0 Å². The Kier molecular flexibility index (Phi) is 4.58. The molecule has 0 N–H and O–H groups in total. The lowest BCUT2D eigenvalue weighted by molar-refractivity contribution is 0.414. The fourth-order valence-corrected chi connectivity index (χ4v) is 124. The van der Waals surface area contributed by atoms with Gasteiger partial charge in [0.2, 0.25) is 0 Å². The predicted molar refractivity (Wildman–Crippen MR) is 120 cm³/mol. The van der Waals surface area contributed by atoms with Gasteiger partial charge in [-0.2, -0.15) is 0 Å². The van der Waals surface area contributed by atoms with Crippen molar-refractivity contribution in [3.8, 4) is 5.75 Å². The summed E-state index contributed by atoms with van der Waals surface area (Å²) in [5.74, 6) is 0.905. The Morgan fingerprint density at radius 3 is 2.33 bits per heavy atom. The van der Waals surface area contributed by atoms with E-state index in [0.717, 1.165) is 11.9 Å². The third-order valence-electron chi connectivity index (χ3n) is 3.08. The van der Waals surface area contributed by atoms with Gasteiger partial charge in [0.05, 0.1) is 11.6 Å². The van der Waals surface area contributed by atoms with Gasteiger partial charge in [0.1, 0.15) is 17.1 Å². The first-order chi connectivity index (χ1) is 9.78. The molecule has 0 spiro atoms. The molecule has 1 aromatic carbocycles. The van der Waals surface area contributed by atoms with Crippen molar-refractivity contribution in [1.82, 2.24) is 0 Å². The van der Waals surface area contributed by atoms with Crippen LogP contribution in [0.25, 0.3) is 0 Å². The summed E-state index contributed by atoms with van der Waals surface area (Å²) in [6.45, 7) is 0. The lowest BCUT2D eigenvalue weighted by Crippen LogP contribution is -2.26. The maximum absolute atomic E-state index is 6.06. The second-order valence-corrected chi connectivity index (χ2v) is 46.5. The van der Waals surface area contributed by atoms with Crippen molar-refractivity contribution in [2.75, 3.05) is 13.3 Å². The third-order valence-corrected chi connectivity index (χ3v) is 61.5. The second-order valence-electron chi connectivity index (χ2n) is 4.58. The van der Waals surface area contributed by atoms with Crippen LogP contribution in [-0.2, 0) is 39.5 Å². The Labute approximate surface area is 159 Å². The van der Waals surface area contributed by atoms with Crippen LogP contribution in [0.15, 0.2) is 24.3 Å². The Bertz CT molecular complexity index is 695. The molecule has 0 aliphatic carbocycles. The molecule has 0 aromatic heterocycles. The van der Waals surface area contributed by atoms with Crippen LogP contribution in [0.3, 0.4) is 0 Å². The molecule has 2 atom stereocenters. The highest BCUT2D eigenvalue weighted by Crippen LogP contribution is 3.19. The van der Waals surface area contributed by atoms with E-state index >= 15 is 0 Å². The van der Waals surface area contributed by atoms with Crippen LogP contribution in [0.1, 0.15) is 5.56 Å². The van der Waals surface area contributed by atoms with Gasteiger partial charge >= 0.3 is 0 Å². The van der Waals surface area contributed by atoms with E-state index in [0.29, 0.717) is 0 Å². The molecule has 114 valence electrons. The minimum absolute atomic E-state index is 0.00310. The summed E-state index contributed by atoms with van der Waals surface area (Å²) >= 11 is 28.0. The Morgan fingerprint density at radius 1 is 1.10 bits per heavy atom. The number of rotatable bonds is 2. The highest BCUT2D eigenvalue weighted by atomic mass is 33.9. The molecule has 1 aromatic rings. The van der Waals surface area contributed by atoms with Crippen molar-refractivity contribution in [2.24, 2.45) is 0 Å². The predicted octanol–water partition coefficient (Wildman–Crippen LogP) is 7.31. The number of benzene rings is 1. The van der Waals surface area contributed by atoms with Crippen LogP contribution >= 0.6 is 67.5 Å². The molecule has 2 unspecified atom stereocenters. The Balaban J connectivity index is 1.90. The summed E-state index contributed by atoms with van der Waals surface area (Å²) in [5.41, 5.74) is 1.30. The molecule has 12 heteroatoms. The highest BCUT2D eigenvalue weighted by Gasteiger charge is 2.63. The smallest absolute Gasteiger partial charge is 0.122 e. The summed E-state index contributed by atoms with van der Waals surface area (Å²) in [7, 11) is 1.71. The molecule has 4 heterocycles. The van der Waals surface area contributed by atoms with Gasteiger partial charge in [0.25, 0.3) is 0 Å². The molecule has 1 nitrogen and oxygen atoms in total. The van der Waals surface area contributed by atoms with Crippen molar-refractivity contribution < 1.29 is 4.74 Å². The normalized spacial score (nSPS) is 47.5. The number of hydrogen-bond acceptors (Lipinski definition) is 9. The van der Waals surface area contributed by atoms with Crippen LogP contribution in [0, 0.1) is 0 Å². The van der Waals surface area contributed by atoms with E-state index < -0.39 is 11.7 Å². The molecule has 4 bridgehead atoms. The Morgan fingerprint density at radius 2 is 1.76 bits per heavy atom. The van der Waals surface area contributed by atoms with E-state index in [1.165, 1.54) is 5.56 Å². The van der Waals surface area contributed by atoms with Gasteiger partial charge < -0.3 is 4.74 Å². The fraction of sp³-hybridized carbons (Fsp3) is 0.333. The van der Waals surface area contributed by atoms with Crippen LogP contribution in [0.5, 0.6) is 5.75 Å². The first-order valence-corrected chi connectivity index (χ1v) is 23.3. The van der Waals surface area contributed by atoms with Gasteiger partial charge in [-0.05, 0) is 28.7 Å². The van der Waals surface area contributed by atoms with Crippen LogP contribution < -0.4 is 4.74 Å². The molecular weight excluding hydrogens is 474 g/mol. The summed E-state index contributed by atoms with van der Waals surface area (Å²) in [6, 6.07) is 8.41. The van der Waals surface area contributed by atoms with Crippen molar-refractivity contribution in [2.45, 2.75) is 4.08 Å². The first-order valence-electron chi connectivity index (χ1n) is 5.77. The molecule has 4 saturated heterocycles. The van der Waals surface area contributed by atoms with E-state index in [-0.39, 0.29) is 4.08 Å². The average Bonchev–Trinajstić information content (AvgIpc) is 2.33. The largest absolute Gasteiger partial charge is 0.497 e. The zero-order valence-electron chi connectivity index (χ0n) is 10.5. The van der Waals surface area contributed by atoms with Crippen molar-refractivity contribution >= 4 is 103 Å². The van der Waals surface area contributed by atoms with Gasteiger partial charge in [-0.25, -0.2) is 0 Å². The number of methoxy groups -OCH3 is 1. The molecular formula is C9H9OP3S8. The standard InChI is InChI=1S/C9H9OP3S8/c1-10-8-4-2-3-7(5-8)9-6-11(14)19-12(15,17-9)21-13(16,18-9)20-11/h2-5H,6H2,1H3. The van der Waals surface area contributed by atoms with Crippen LogP contribution in [-0.4, -0.2) is 13.3 Å². The van der Waals surface area contributed by atoms with E-state index in [9.17, 15) is 0 Å². The SMILES string of the molecule is COc1cccc(C23CP4(=S)SP(=S)(S2)SP(=S)(S3)S4)c1. The summed E-state index contributed by atoms with van der Waals surface area (Å²) in [5, 5.41) is 0. The molecule has 4 fully saturated rings. The lowest BCUT2D eigenvalue weighted by atomic mass is 10.1. The van der Waals surface area contributed by atoms with E-state index in [2.05, 4.69) is 18.2 Å². The topological polar surface area (TPSA) is 9.23 Å². The van der Waals surface area contributed by atoms with Gasteiger partial charge in [-0.3, -0.25) is 0 Å². The minimum Gasteiger partial charge on any atom is -0.497 e. The first kappa shape index (κ1) is 17.1. The van der Waals surface area contributed by atoms with Crippen molar-refractivity contribution in [1.29, 1.82) is 0 Å². The maximum Gasteiger partial charge on any atom is 0.122 e. The zero-order valence-corrected chi connectivity index (χ0v) is 19.7.